The monoisotopic (exact) mass is 433 g/mol. The molecule has 0 radical (unpaired) electrons. The Balaban J connectivity index is 1.64. The van der Waals surface area contributed by atoms with Gasteiger partial charge in [-0.25, -0.2) is 13.8 Å². The molecule has 3 saturated heterocycles. The SMILES string of the molecule is C[C@H]1COCCN1c1nc(-c2cnc(N)cc2C(F)F)nc(N2C3CCC2COC3)n1. The van der Waals surface area contributed by atoms with Gasteiger partial charge in [0.25, 0.3) is 6.43 Å². The maximum atomic E-state index is 13.8. The van der Waals surface area contributed by atoms with Crippen LogP contribution in [0.2, 0.25) is 0 Å². The van der Waals surface area contributed by atoms with Crippen LogP contribution in [-0.2, 0) is 9.47 Å². The van der Waals surface area contributed by atoms with E-state index in [0.29, 0.717) is 44.9 Å². The number of nitrogens with zero attached hydrogens (tertiary/aromatic N) is 6. The van der Waals surface area contributed by atoms with Crippen molar-refractivity contribution in [1.29, 1.82) is 0 Å². The summed E-state index contributed by atoms with van der Waals surface area (Å²) in [5.41, 5.74) is 5.58. The second-order valence-corrected chi connectivity index (χ2v) is 8.20. The molecular formula is C20H25F2N7O2. The molecule has 3 aliphatic heterocycles. The van der Waals surface area contributed by atoms with Gasteiger partial charge in [0, 0.05) is 23.9 Å². The van der Waals surface area contributed by atoms with Gasteiger partial charge in [-0.1, -0.05) is 0 Å². The molecule has 9 nitrogen and oxygen atoms in total. The van der Waals surface area contributed by atoms with Crippen molar-refractivity contribution in [3.05, 3.63) is 17.8 Å². The minimum absolute atomic E-state index is 0.0292. The highest BCUT2D eigenvalue weighted by molar-refractivity contribution is 5.64. The van der Waals surface area contributed by atoms with Crippen molar-refractivity contribution in [3.63, 3.8) is 0 Å². The number of nitrogens with two attached hydrogens (primary N) is 1. The van der Waals surface area contributed by atoms with Gasteiger partial charge in [0.15, 0.2) is 5.82 Å². The third kappa shape index (κ3) is 3.76. The number of hydrogen-bond acceptors (Lipinski definition) is 9. The van der Waals surface area contributed by atoms with Crippen LogP contribution >= 0.6 is 0 Å². The van der Waals surface area contributed by atoms with Gasteiger partial charge >= 0.3 is 0 Å². The van der Waals surface area contributed by atoms with Crippen molar-refractivity contribution in [2.45, 2.75) is 44.3 Å². The fourth-order valence-electron chi connectivity index (χ4n) is 4.55. The van der Waals surface area contributed by atoms with Crippen LogP contribution in [0.5, 0.6) is 0 Å². The third-order valence-corrected chi connectivity index (χ3v) is 6.14. The third-order valence-electron chi connectivity index (χ3n) is 6.14. The fourth-order valence-corrected chi connectivity index (χ4v) is 4.55. The number of alkyl halides is 2. The van der Waals surface area contributed by atoms with E-state index in [2.05, 4.69) is 19.9 Å². The normalized spacial score (nSPS) is 26.0. The molecule has 5 heterocycles. The molecule has 2 bridgehead atoms. The number of pyridine rings is 1. The average Bonchev–Trinajstić information content (AvgIpc) is 3.02. The Labute approximate surface area is 178 Å². The summed E-state index contributed by atoms with van der Waals surface area (Å²) in [6, 6.07) is 1.57. The zero-order valence-electron chi connectivity index (χ0n) is 17.2. The Morgan fingerprint density at radius 3 is 2.52 bits per heavy atom. The predicted molar refractivity (Wildman–Crippen MR) is 110 cm³/mol. The Morgan fingerprint density at radius 1 is 1.06 bits per heavy atom. The Hall–Kier alpha value is -2.66. The predicted octanol–water partition coefficient (Wildman–Crippen LogP) is 2.05. The number of nitrogen functional groups attached to an aromatic ring is 1. The molecule has 0 aromatic carbocycles. The van der Waals surface area contributed by atoms with E-state index in [1.165, 1.54) is 12.3 Å². The van der Waals surface area contributed by atoms with Crippen LogP contribution in [-0.4, -0.2) is 71.0 Å². The van der Waals surface area contributed by atoms with Gasteiger partial charge in [-0.2, -0.15) is 15.0 Å². The summed E-state index contributed by atoms with van der Waals surface area (Å²) in [6.07, 6.45) is 0.559. The number of ether oxygens (including phenoxy) is 2. The fraction of sp³-hybridized carbons (Fsp3) is 0.600. The summed E-state index contributed by atoms with van der Waals surface area (Å²) in [7, 11) is 0. The van der Waals surface area contributed by atoms with Gasteiger partial charge in [-0.15, -0.1) is 0 Å². The van der Waals surface area contributed by atoms with Crippen LogP contribution in [0.1, 0.15) is 31.8 Å². The van der Waals surface area contributed by atoms with Crippen LogP contribution < -0.4 is 15.5 Å². The molecule has 3 fully saturated rings. The van der Waals surface area contributed by atoms with Crippen molar-refractivity contribution >= 4 is 17.7 Å². The van der Waals surface area contributed by atoms with E-state index in [1.54, 1.807) is 0 Å². The highest BCUT2D eigenvalue weighted by atomic mass is 19.3. The molecule has 2 aromatic heterocycles. The number of fused-ring (bicyclic) bond motifs is 2. The summed E-state index contributed by atoms with van der Waals surface area (Å²) < 4.78 is 38.8. The topological polar surface area (TPSA) is 103 Å². The van der Waals surface area contributed by atoms with E-state index in [-0.39, 0.29) is 40.9 Å². The molecule has 31 heavy (non-hydrogen) atoms. The highest BCUT2D eigenvalue weighted by Gasteiger charge is 2.40. The standard InChI is InChI=1S/C20H25F2N7O2/c1-11-8-30-5-4-28(11)19-25-18(15-7-24-16(23)6-14(15)17(21)22)26-20(27-19)29-12-2-3-13(29)10-31-9-12/h6-7,11-13,17H,2-5,8-10H2,1H3,(H2,23,24)/t11-,12?,13?/m0/s1. The number of aromatic nitrogens is 4. The molecule has 3 aliphatic rings. The average molecular weight is 433 g/mol. The van der Waals surface area contributed by atoms with Crippen molar-refractivity contribution in [3.8, 4) is 11.4 Å². The lowest BCUT2D eigenvalue weighted by Crippen LogP contribution is -2.48. The molecule has 0 amide bonds. The molecule has 5 rings (SSSR count). The maximum absolute atomic E-state index is 13.8. The van der Waals surface area contributed by atoms with Crippen LogP contribution in [0.3, 0.4) is 0 Å². The van der Waals surface area contributed by atoms with E-state index >= 15 is 0 Å². The van der Waals surface area contributed by atoms with Crippen LogP contribution in [0, 0.1) is 0 Å². The molecule has 2 aromatic rings. The lowest BCUT2D eigenvalue weighted by molar-refractivity contribution is 0.0895. The van der Waals surface area contributed by atoms with Crippen LogP contribution in [0.25, 0.3) is 11.4 Å². The smallest absolute Gasteiger partial charge is 0.264 e. The zero-order chi connectivity index (χ0) is 21.5. The molecule has 0 spiro atoms. The Kier molecular flexibility index (Phi) is 5.30. The van der Waals surface area contributed by atoms with Crippen LogP contribution in [0.4, 0.5) is 26.5 Å². The molecule has 3 atom stereocenters. The number of anilines is 3. The summed E-state index contributed by atoms with van der Waals surface area (Å²) in [6.45, 7) is 4.94. The van der Waals surface area contributed by atoms with Gasteiger partial charge in [0.2, 0.25) is 11.9 Å². The second-order valence-electron chi connectivity index (χ2n) is 8.20. The molecule has 0 aliphatic carbocycles. The lowest BCUT2D eigenvalue weighted by atomic mass is 10.1. The van der Waals surface area contributed by atoms with Crippen LogP contribution in [0.15, 0.2) is 12.3 Å². The summed E-state index contributed by atoms with van der Waals surface area (Å²) in [5.74, 6) is 1.15. The number of morpholine rings is 2. The van der Waals surface area contributed by atoms with E-state index in [0.717, 1.165) is 12.8 Å². The molecule has 2 N–H and O–H groups in total. The lowest BCUT2D eigenvalue weighted by Gasteiger charge is -2.36. The van der Waals surface area contributed by atoms with Gasteiger partial charge in [0.1, 0.15) is 5.82 Å². The number of halogens is 2. The number of rotatable bonds is 4. The largest absolute Gasteiger partial charge is 0.384 e. The van der Waals surface area contributed by atoms with Gasteiger partial charge in [0.05, 0.1) is 44.6 Å². The van der Waals surface area contributed by atoms with E-state index in [1.807, 2.05) is 11.8 Å². The molecule has 11 heteroatoms. The quantitative estimate of drug-likeness (QED) is 0.776. The van der Waals surface area contributed by atoms with E-state index < -0.39 is 6.43 Å². The van der Waals surface area contributed by atoms with Crippen molar-refractivity contribution in [2.75, 3.05) is 48.5 Å². The molecule has 166 valence electrons. The molecular weight excluding hydrogens is 408 g/mol. The van der Waals surface area contributed by atoms with E-state index in [4.69, 9.17) is 20.2 Å². The minimum atomic E-state index is -2.73. The summed E-state index contributed by atoms with van der Waals surface area (Å²) in [4.78, 5) is 22.2. The first-order valence-corrected chi connectivity index (χ1v) is 10.5. The van der Waals surface area contributed by atoms with Crippen molar-refractivity contribution in [1.82, 2.24) is 19.9 Å². The molecule has 2 unspecified atom stereocenters. The molecule has 0 saturated carbocycles. The van der Waals surface area contributed by atoms with Gasteiger partial charge in [-0.05, 0) is 25.8 Å². The first-order chi connectivity index (χ1) is 15.0. The highest BCUT2D eigenvalue weighted by Crippen LogP contribution is 2.36. The van der Waals surface area contributed by atoms with Crippen molar-refractivity contribution < 1.29 is 18.3 Å². The summed E-state index contributed by atoms with van der Waals surface area (Å²) in [5, 5.41) is 0. The first kappa shape index (κ1) is 20.3. The van der Waals surface area contributed by atoms with Gasteiger partial charge in [-0.3, -0.25) is 0 Å². The van der Waals surface area contributed by atoms with Gasteiger partial charge < -0.3 is 25.0 Å². The maximum Gasteiger partial charge on any atom is 0.264 e. The Bertz CT molecular complexity index is 947. The zero-order valence-corrected chi connectivity index (χ0v) is 17.2. The first-order valence-electron chi connectivity index (χ1n) is 10.5. The van der Waals surface area contributed by atoms with E-state index in [9.17, 15) is 8.78 Å². The number of hydrogen-bond donors (Lipinski definition) is 1. The van der Waals surface area contributed by atoms with Crippen molar-refractivity contribution in [2.24, 2.45) is 0 Å². The summed E-state index contributed by atoms with van der Waals surface area (Å²) >= 11 is 0. The second kappa shape index (κ2) is 8.12. The minimum Gasteiger partial charge on any atom is -0.384 e. The Morgan fingerprint density at radius 2 is 1.81 bits per heavy atom.